The Morgan fingerprint density at radius 2 is 1.90 bits per heavy atom. The topological polar surface area (TPSA) is 45.1 Å². The number of hydrogen-bond acceptors (Lipinski definition) is 2. The standard InChI is InChI=1S/C15H27N3O2/c1-5-16-6-8-17(9-7-16)14(20)12-10-13(19)18(11-12)15(2,3)4/h12H,5-11H2,1-4H3/p+1/t12-/m0/s1. The molecule has 20 heavy (non-hydrogen) atoms. The van der Waals surface area contributed by atoms with Crippen LogP contribution in [0.1, 0.15) is 34.1 Å². The van der Waals surface area contributed by atoms with E-state index in [0.717, 1.165) is 32.7 Å². The smallest absolute Gasteiger partial charge is 0.228 e. The molecule has 2 fully saturated rings. The molecular formula is C15H28N3O2+. The van der Waals surface area contributed by atoms with Gasteiger partial charge in [-0.15, -0.1) is 0 Å². The summed E-state index contributed by atoms with van der Waals surface area (Å²) in [6.45, 7) is 13.7. The number of piperazine rings is 1. The molecule has 2 rings (SSSR count). The number of amides is 2. The zero-order valence-corrected chi connectivity index (χ0v) is 13.2. The number of likely N-dealkylation sites (tertiary alicyclic amines) is 1. The number of carbonyl (C=O) groups is 2. The van der Waals surface area contributed by atoms with Crippen molar-refractivity contribution < 1.29 is 14.5 Å². The van der Waals surface area contributed by atoms with Crippen molar-refractivity contribution in [3.8, 4) is 0 Å². The van der Waals surface area contributed by atoms with Gasteiger partial charge in [0.25, 0.3) is 0 Å². The van der Waals surface area contributed by atoms with Gasteiger partial charge in [0.2, 0.25) is 11.8 Å². The zero-order chi connectivity index (χ0) is 14.9. The summed E-state index contributed by atoms with van der Waals surface area (Å²) < 4.78 is 0. The molecule has 1 atom stereocenters. The predicted octanol–water partition coefficient (Wildman–Crippen LogP) is -0.620. The number of carbonyl (C=O) groups excluding carboxylic acids is 2. The average Bonchev–Trinajstić information content (AvgIpc) is 2.80. The van der Waals surface area contributed by atoms with E-state index in [-0.39, 0.29) is 23.3 Å². The molecule has 5 nitrogen and oxygen atoms in total. The maximum Gasteiger partial charge on any atom is 0.228 e. The average molecular weight is 282 g/mol. The van der Waals surface area contributed by atoms with Gasteiger partial charge in [-0.25, -0.2) is 0 Å². The van der Waals surface area contributed by atoms with Gasteiger partial charge in [0.15, 0.2) is 0 Å². The van der Waals surface area contributed by atoms with Gasteiger partial charge >= 0.3 is 0 Å². The van der Waals surface area contributed by atoms with E-state index in [1.54, 1.807) is 4.90 Å². The van der Waals surface area contributed by atoms with Crippen LogP contribution < -0.4 is 4.90 Å². The van der Waals surface area contributed by atoms with Gasteiger partial charge in [0, 0.05) is 18.5 Å². The second kappa shape index (κ2) is 5.72. The summed E-state index contributed by atoms with van der Waals surface area (Å²) in [4.78, 5) is 30.0. The maximum atomic E-state index is 12.6. The van der Waals surface area contributed by atoms with Crippen molar-refractivity contribution in [3.05, 3.63) is 0 Å². The number of rotatable bonds is 2. The lowest BCUT2D eigenvalue weighted by Crippen LogP contribution is -3.14. The molecule has 0 aliphatic carbocycles. The molecule has 0 aromatic heterocycles. The maximum absolute atomic E-state index is 12.6. The van der Waals surface area contributed by atoms with Crippen molar-refractivity contribution in [2.75, 3.05) is 39.3 Å². The van der Waals surface area contributed by atoms with E-state index >= 15 is 0 Å². The Balaban J connectivity index is 1.93. The lowest BCUT2D eigenvalue weighted by Gasteiger charge is -2.34. The Bertz CT molecular complexity index is 381. The van der Waals surface area contributed by atoms with Gasteiger partial charge in [-0.05, 0) is 27.7 Å². The number of likely N-dealkylation sites (N-methyl/N-ethyl adjacent to an activating group) is 1. The molecule has 0 saturated carbocycles. The van der Waals surface area contributed by atoms with Crippen LogP contribution in [0.2, 0.25) is 0 Å². The van der Waals surface area contributed by atoms with Crippen LogP contribution in [0.25, 0.3) is 0 Å². The van der Waals surface area contributed by atoms with Gasteiger partial charge in [-0.2, -0.15) is 0 Å². The van der Waals surface area contributed by atoms with Crippen LogP contribution in [-0.4, -0.2) is 66.4 Å². The second-order valence-corrected chi connectivity index (χ2v) is 7.01. The first-order valence-corrected chi connectivity index (χ1v) is 7.75. The Morgan fingerprint density at radius 3 is 2.35 bits per heavy atom. The molecule has 0 bridgehead atoms. The van der Waals surface area contributed by atoms with Gasteiger partial charge in [-0.1, -0.05) is 0 Å². The summed E-state index contributed by atoms with van der Waals surface area (Å²) in [5, 5.41) is 0. The minimum atomic E-state index is -0.183. The van der Waals surface area contributed by atoms with Crippen molar-refractivity contribution in [1.82, 2.24) is 9.80 Å². The van der Waals surface area contributed by atoms with Crippen LogP contribution in [0, 0.1) is 5.92 Å². The van der Waals surface area contributed by atoms with Crippen LogP contribution in [0.5, 0.6) is 0 Å². The predicted molar refractivity (Wildman–Crippen MR) is 77.4 cm³/mol. The highest BCUT2D eigenvalue weighted by Gasteiger charge is 2.41. The fraction of sp³-hybridized carbons (Fsp3) is 0.867. The molecule has 114 valence electrons. The minimum absolute atomic E-state index is 0.119. The third-order valence-corrected chi connectivity index (χ3v) is 4.57. The Hall–Kier alpha value is -1.10. The molecule has 0 spiro atoms. The van der Waals surface area contributed by atoms with Gasteiger partial charge in [-0.3, -0.25) is 9.59 Å². The molecule has 2 aliphatic heterocycles. The molecule has 0 aromatic carbocycles. The Morgan fingerprint density at radius 1 is 1.30 bits per heavy atom. The van der Waals surface area contributed by atoms with Crippen LogP contribution in [0.4, 0.5) is 0 Å². The first-order valence-electron chi connectivity index (χ1n) is 7.75. The summed E-state index contributed by atoms with van der Waals surface area (Å²) >= 11 is 0. The van der Waals surface area contributed by atoms with Crippen LogP contribution >= 0.6 is 0 Å². The number of quaternary nitrogens is 1. The molecule has 2 aliphatic rings. The number of nitrogens with one attached hydrogen (secondary N) is 1. The summed E-state index contributed by atoms with van der Waals surface area (Å²) in [5.74, 6) is 0.166. The van der Waals surface area contributed by atoms with E-state index in [0.29, 0.717) is 13.0 Å². The Kier molecular flexibility index (Phi) is 4.37. The molecule has 5 heteroatoms. The zero-order valence-electron chi connectivity index (χ0n) is 13.2. The van der Waals surface area contributed by atoms with Crippen molar-refractivity contribution in [1.29, 1.82) is 0 Å². The highest BCUT2D eigenvalue weighted by atomic mass is 16.2. The quantitative estimate of drug-likeness (QED) is 0.734. The molecule has 2 heterocycles. The van der Waals surface area contributed by atoms with E-state index in [9.17, 15) is 9.59 Å². The summed E-state index contributed by atoms with van der Waals surface area (Å²) in [7, 11) is 0. The molecule has 2 amide bonds. The summed E-state index contributed by atoms with van der Waals surface area (Å²) in [6, 6.07) is 0. The second-order valence-electron chi connectivity index (χ2n) is 7.01. The fourth-order valence-corrected chi connectivity index (χ4v) is 3.18. The lowest BCUT2D eigenvalue weighted by atomic mass is 10.1. The molecular weight excluding hydrogens is 254 g/mol. The molecule has 1 N–H and O–H groups in total. The number of hydrogen-bond donors (Lipinski definition) is 1. The number of nitrogens with zero attached hydrogens (tertiary/aromatic N) is 2. The summed E-state index contributed by atoms with van der Waals surface area (Å²) in [6.07, 6.45) is 0.386. The van der Waals surface area contributed by atoms with Crippen LogP contribution in [0.3, 0.4) is 0 Å². The van der Waals surface area contributed by atoms with Crippen molar-refractivity contribution in [3.63, 3.8) is 0 Å². The van der Waals surface area contributed by atoms with Crippen molar-refractivity contribution in [2.45, 2.75) is 39.7 Å². The van der Waals surface area contributed by atoms with Crippen molar-refractivity contribution >= 4 is 11.8 Å². The van der Waals surface area contributed by atoms with Crippen LogP contribution in [-0.2, 0) is 9.59 Å². The normalized spacial score (nSPS) is 25.4. The highest BCUT2D eigenvalue weighted by molar-refractivity contribution is 5.89. The van der Waals surface area contributed by atoms with Gasteiger partial charge in [0.1, 0.15) is 0 Å². The van der Waals surface area contributed by atoms with Crippen LogP contribution in [0.15, 0.2) is 0 Å². The first kappa shape index (κ1) is 15.3. The third kappa shape index (κ3) is 3.14. The third-order valence-electron chi connectivity index (χ3n) is 4.57. The molecule has 0 radical (unpaired) electrons. The fourth-order valence-electron chi connectivity index (χ4n) is 3.18. The first-order chi connectivity index (χ1) is 9.32. The molecule has 0 unspecified atom stereocenters. The SMILES string of the molecule is CC[NH+]1CCN(C(=O)[C@H]2CC(=O)N(C(C)(C)C)C2)CC1. The minimum Gasteiger partial charge on any atom is -0.337 e. The van der Waals surface area contributed by atoms with Gasteiger partial charge in [0.05, 0.1) is 38.6 Å². The van der Waals surface area contributed by atoms with E-state index in [1.165, 1.54) is 0 Å². The molecule has 2 saturated heterocycles. The van der Waals surface area contributed by atoms with E-state index in [4.69, 9.17) is 0 Å². The van der Waals surface area contributed by atoms with E-state index in [2.05, 4.69) is 6.92 Å². The Labute approximate surface area is 121 Å². The van der Waals surface area contributed by atoms with E-state index in [1.807, 2.05) is 30.6 Å². The summed E-state index contributed by atoms with van der Waals surface area (Å²) in [5.41, 5.74) is -0.183. The molecule has 0 aromatic rings. The largest absolute Gasteiger partial charge is 0.337 e. The van der Waals surface area contributed by atoms with Gasteiger partial charge < -0.3 is 14.7 Å². The monoisotopic (exact) mass is 282 g/mol. The lowest BCUT2D eigenvalue weighted by molar-refractivity contribution is -0.902. The van der Waals surface area contributed by atoms with Crippen molar-refractivity contribution in [2.24, 2.45) is 5.92 Å². The van der Waals surface area contributed by atoms with E-state index < -0.39 is 0 Å². The highest BCUT2D eigenvalue weighted by Crippen LogP contribution is 2.26.